The van der Waals surface area contributed by atoms with E-state index < -0.39 is 6.04 Å². The molecule has 8 heteroatoms. The number of aromatic nitrogens is 1. The number of amides is 2. The van der Waals surface area contributed by atoms with Gasteiger partial charge in [0.05, 0.1) is 7.11 Å². The fraction of sp³-hybridized carbons (Fsp3) is 0.731. The van der Waals surface area contributed by atoms with Crippen molar-refractivity contribution in [1.29, 1.82) is 0 Å². The number of unbranched alkanes of at least 4 members (excludes halogenated alkanes) is 4. The van der Waals surface area contributed by atoms with Gasteiger partial charge in [0.25, 0.3) is 0 Å². The maximum absolute atomic E-state index is 12.9. The highest BCUT2D eigenvalue weighted by Crippen LogP contribution is 2.21. The van der Waals surface area contributed by atoms with Gasteiger partial charge in [-0.3, -0.25) is 0 Å². The van der Waals surface area contributed by atoms with Crippen LogP contribution in [0.4, 0.5) is 10.6 Å². The van der Waals surface area contributed by atoms with Gasteiger partial charge in [-0.2, -0.15) is 0 Å². The van der Waals surface area contributed by atoms with Crippen molar-refractivity contribution in [3.8, 4) is 0 Å². The van der Waals surface area contributed by atoms with Crippen LogP contribution in [-0.4, -0.2) is 78.7 Å². The molecule has 0 unspecified atom stereocenters. The van der Waals surface area contributed by atoms with Crippen molar-refractivity contribution in [2.24, 2.45) is 0 Å². The molecule has 2 N–H and O–H groups in total. The molecule has 8 nitrogen and oxygen atoms in total. The molecule has 0 radical (unpaired) electrons. The van der Waals surface area contributed by atoms with Crippen molar-refractivity contribution < 1.29 is 14.3 Å². The molecular formula is C26H43N5O3. The Balaban J connectivity index is 1.36. The molecule has 3 atom stereocenters. The predicted molar refractivity (Wildman–Crippen MR) is 135 cm³/mol. The molecular weight excluding hydrogens is 430 g/mol. The van der Waals surface area contributed by atoms with Crippen LogP contribution in [0, 0.1) is 0 Å². The van der Waals surface area contributed by atoms with Crippen LogP contribution in [0.5, 0.6) is 0 Å². The number of ether oxygens (including phenoxy) is 1. The van der Waals surface area contributed by atoms with E-state index in [0.717, 1.165) is 76.1 Å². The van der Waals surface area contributed by atoms with Crippen molar-refractivity contribution in [1.82, 2.24) is 20.1 Å². The first-order valence-corrected chi connectivity index (χ1v) is 13.0. The van der Waals surface area contributed by atoms with E-state index in [0.29, 0.717) is 6.42 Å². The molecule has 34 heavy (non-hydrogen) atoms. The molecule has 3 heterocycles. The van der Waals surface area contributed by atoms with Gasteiger partial charge in [0.15, 0.2) is 0 Å². The molecule has 0 saturated carbocycles. The van der Waals surface area contributed by atoms with Crippen LogP contribution in [0.3, 0.4) is 0 Å². The number of methoxy groups -OCH3 is 1. The average molecular weight is 474 g/mol. The molecule has 0 bridgehead atoms. The van der Waals surface area contributed by atoms with Crippen molar-refractivity contribution in [3.63, 3.8) is 0 Å². The lowest BCUT2D eigenvalue weighted by atomic mass is 10.0. The van der Waals surface area contributed by atoms with Crippen molar-refractivity contribution in [2.75, 3.05) is 39.1 Å². The third-order valence-electron chi connectivity index (χ3n) is 7.00. The van der Waals surface area contributed by atoms with Crippen LogP contribution in [0.1, 0.15) is 70.1 Å². The van der Waals surface area contributed by atoms with Crippen LogP contribution in [0.2, 0.25) is 0 Å². The van der Waals surface area contributed by atoms with Gasteiger partial charge in [0.2, 0.25) is 0 Å². The Hall–Kier alpha value is -2.35. The van der Waals surface area contributed by atoms with E-state index in [1.54, 1.807) is 0 Å². The van der Waals surface area contributed by atoms with Gasteiger partial charge in [-0.05, 0) is 64.6 Å². The molecule has 2 aliphatic rings. The molecule has 1 saturated heterocycles. The minimum atomic E-state index is -0.594. The topological polar surface area (TPSA) is 86.8 Å². The number of likely N-dealkylation sites (N-methyl/N-ethyl adjacent to an activating group) is 1. The summed E-state index contributed by atoms with van der Waals surface area (Å²) in [6.45, 7) is 6.78. The lowest BCUT2D eigenvalue weighted by molar-refractivity contribution is -0.143. The monoisotopic (exact) mass is 473 g/mol. The highest BCUT2D eigenvalue weighted by molar-refractivity contribution is 5.83. The Morgan fingerprint density at radius 3 is 2.59 bits per heavy atom. The molecule has 2 aliphatic heterocycles. The number of hydrogen-bond acceptors (Lipinski definition) is 6. The first-order valence-electron chi connectivity index (χ1n) is 13.0. The number of nitrogens with zero attached hydrogens (tertiary/aromatic N) is 3. The van der Waals surface area contributed by atoms with Gasteiger partial charge >= 0.3 is 12.0 Å². The summed E-state index contributed by atoms with van der Waals surface area (Å²) in [5.74, 6) is 0.704. The zero-order valence-corrected chi connectivity index (χ0v) is 21.4. The number of esters is 1. The van der Waals surface area contributed by atoms with Gasteiger partial charge in [0, 0.05) is 37.4 Å². The molecule has 0 aromatic carbocycles. The summed E-state index contributed by atoms with van der Waals surface area (Å²) >= 11 is 0. The maximum Gasteiger partial charge on any atom is 0.328 e. The second kappa shape index (κ2) is 12.9. The lowest BCUT2D eigenvalue weighted by Crippen LogP contribution is -2.61. The number of carbonyl (C=O) groups excluding carboxylic acids is 2. The van der Waals surface area contributed by atoms with Crippen molar-refractivity contribution >= 4 is 17.8 Å². The molecule has 1 fully saturated rings. The number of anilines is 1. The standard InChI is InChI=1S/C26H43N5O3/c1-19-17-30(3)18-20(2)31(19)26(33)29-23(25(32)34-4)13-9-7-5-6-8-12-22-15-14-21-11-10-16-27-24(21)28-22/h14-15,19-20,23H,5-13,16-18H2,1-4H3,(H,27,28)(H,29,33)/t19-,20+,23-/m0/s1. The number of carbonyl (C=O) groups is 2. The second-order valence-electron chi connectivity index (χ2n) is 10.00. The van der Waals surface area contributed by atoms with E-state index in [1.807, 2.05) is 4.90 Å². The third-order valence-corrected chi connectivity index (χ3v) is 7.00. The Bertz CT molecular complexity index is 806. The number of fused-ring (bicyclic) bond motifs is 1. The molecule has 3 rings (SSSR count). The Morgan fingerprint density at radius 2 is 1.85 bits per heavy atom. The highest BCUT2D eigenvalue weighted by atomic mass is 16.5. The third kappa shape index (κ3) is 7.32. The van der Waals surface area contributed by atoms with E-state index in [4.69, 9.17) is 9.72 Å². The first kappa shape index (κ1) is 26.3. The Morgan fingerprint density at radius 1 is 1.15 bits per heavy atom. The normalized spacial score (nSPS) is 21.4. The zero-order chi connectivity index (χ0) is 24.5. The summed E-state index contributed by atoms with van der Waals surface area (Å²) in [6, 6.07) is 3.82. The lowest BCUT2D eigenvalue weighted by Gasteiger charge is -2.43. The van der Waals surface area contributed by atoms with Gasteiger partial charge in [-0.1, -0.05) is 31.7 Å². The fourth-order valence-electron chi connectivity index (χ4n) is 5.30. The van der Waals surface area contributed by atoms with Crippen LogP contribution in [0.25, 0.3) is 0 Å². The van der Waals surface area contributed by atoms with E-state index in [2.05, 4.69) is 48.6 Å². The summed E-state index contributed by atoms with van der Waals surface area (Å²) in [7, 11) is 3.45. The van der Waals surface area contributed by atoms with Crippen LogP contribution in [0.15, 0.2) is 12.1 Å². The van der Waals surface area contributed by atoms with Crippen molar-refractivity contribution in [2.45, 2.75) is 89.8 Å². The summed E-state index contributed by atoms with van der Waals surface area (Å²) in [5, 5.41) is 6.34. The smallest absolute Gasteiger partial charge is 0.328 e. The Labute approximate surface area is 204 Å². The largest absolute Gasteiger partial charge is 0.467 e. The minimum Gasteiger partial charge on any atom is -0.467 e. The highest BCUT2D eigenvalue weighted by Gasteiger charge is 2.33. The predicted octanol–water partition coefficient (Wildman–Crippen LogP) is 3.60. The van der Waals surface area contributed by atoms with Crippen LogP contribution < -0.4 is 10.6 Å². The van der Waals surface area contributed by atoms with Gasteiger partial charge in [0.1, 0.15) is 11.9 Å². The first-order chi connectivity index (χ1) is 16.4. The van der Waals surface area contributed by atoms with E-state index in [1.165, 1.54) is 19.1 Å². The van der Waals surface area contributed by atoms with E-state index in [9.17, 15) is 9.59 Å². The van der Waals surface area contributed by atoms with Crippen molar-refractivity contribution in [3.05, 3.63) is 23.4 Å². The zero-order valence-electron chi connectivity index (χ0n) is 21.4. The second-order valence-corrected chi connectivity index (χ2v) is 10.00. The maximum atomic E-state index is 12.9. The number of piperazine rings is 1. The molecule has 1 aromatic heterocycles. The van der Waals surface area contributed by atoms with Crippen LogP contribution in [-0.2, 0) is 22.4 Å². The average Bonchev–Trinajstić information content (AvgIpc) is 2.81. The summed E-state index contributed by atoms with van der Waals surface area (Å²) in [5.41, 5.74) is 2.49. The van der Waals surface area contributed by atoms with E-state index >= 15 is 0 Å². The number of urea groups is 1. The molecule has 0 spiro atoms. The minimum absolute atomic E-state index is 0.104. The summed E-state index contributed by atoms with van der Waals surface area (Å²) in [6.07, 6.45) is 9.18. The summed E-state index contributed by atoms with van der Waals surface area (Å²) < 4.78 is 4.96. The van der Waals surface area contributed by atoms with Gasteiger partial charge < -0.3 is 25.2 Å². The number of aryl methyl sites for hydroxylation is 2. The molecule has 190 valence electrons. The van der Waals surface area contributed by atoms with Gasteiger partial charge in [-0.15, -0.1) is 0 Å². The molecule has 0 aliphatic carbocycles. The number of nitrogens with one attached hydrogen (secondary N) is 2. The van der Waals surface area contributed by atoms with Crippen LogP contribution >= 0.6 is 0 Å². The number of pyridine rings is 1. The number of rotatable bonds is 10. The van der Waals surface area contributed by atoms with Gasteiger partial charge in [-0.25, -0.2) is 14.6 Å². The fourth-order valence-corrected chi connectivity index (χ4v) is 5.30. The Kier molecular flexibility index (Phi) is 9.99. The molecule has 1 aromatic rings. The summed E-state index contributed by atoms with van der Waals surface area (Å²) in [4.78, 5) is 34.1. The number of hydrogen-bond donors (Lipinski definition) is 2. The van der Waals surface area contributed by atoms with E-state index in [-0.39, 0.29) is 24.1 Å². The molecule has 2 amide bonds. The SMILES string of the molecule is COC(=O)[C@H](CCCCCCCc1ccc2c(n1)NCCC2)NC(=O)N1[C@H](C)CN(C)C[C@@H]1C. The quantitative estimate of drug-likeness (QED) is 0.399.